The van der Waals surface area contributed by atoms with E-state index >= 15 is 0 Å². The van der Waals surface area contributed by atoms with E-state index in [1.165, 1.54) is 17.7 Å². The number of likely N-dealkylation sites (tertiary alicyclic amines) is 1. The maximum atomic E-state index is 13.4. The number of amides is 1. The minimum absolute atomic E-state index is 0.132. The number of aryl methyl sites for hydroxylation is 1. The van der Waals surface area contributed by atoms with Gasteiger partial charge in [0.15, 0.2) is 0 Å². The molecule has 0 aromatic heterocycles. The Balaban J connectivity index is 1.18. The van der Waals surface area contributed by atoms with Gasteiger partial charge in [-0.3, -0.25) is 9.69 Å². The van der Waals surface area contributed by atoms with Crippen molar-refractivity contribution in [2.45, 2.75) is 38.6 Å². The quantitative estimate of drug-likeness (QED) is 0.705. The molecule has 1 amide bonds. The van der Waals surface area contributed by atoms with Crippen LogP contribution in [-0.2, 0) is 17.8 Å². The summed E-state index contributed by atoms with van der Waals surface area (Å²) in [5.74, 6) is -0.731. The zero-order valence-electron chi connectivity index (χ0n) is 16.7. The number of rotatable bonds is 7. The van der Waals surface area contributed by atoms with Gasteiger partial charge in [-0.2, -0.15) is 0 Å². The number of benzene rings is 2. The second kappa shape index (κ2) is 8.62. The number of hydrogen-bond acceptors (Lipinski definition) is 2. The normalized spacial score (nSPS) is 20.6. The molecular formula is C24H28F2N2O. The van der Waals surface area contributed by atoms with Crippen LogP contribution in [0.2, 0.25) is 0 Å². The Morgan fingerprint density at radius 3 is 2.41 bits per heavy atom. The number of nitrogens with one attached hydrogen (secondary N) is 1. The van der Waals surface area contributed by atoms with E-state index in [9.17, 15) is 13.6 Å². The molecule has 0 unspecified atom stereocenters. The van der Waals surface area contributed by atoms with Gasteiger partial charge in [-0.25, -0.2) is 8.78 Å². The fraction of sp³-hybridized carbons (Fsp3) is 0.458. The fourth-order valence-electron chi connectivity index (χ4n) is 4.66. The van der Waals surface area contributed by atoms with Crippen molar-refractivity contribution in [3.05, 3.63) is 71.3 Å². The van der Waals surface area contributed by atoms with Gasteiger partial charge in [0.2, 0.25) is 5.91 Å². The van der Waals surface area contributed by atoms with Gasteiger partial charge < -0.3 is 5.32 Å². The molecule has 0 radical (unpaired) electrons. The average Bonchev–Trinajstić information content (AvgIpc) is 3.41. The van der Waals surface area contributed by atoms with Crippen molar-refractivity contribution in [3.8, 4) is 0 Å². The molecule has 1 saturated heterocycles. The Bertz CT molecular complexity index is 827. The molecule has 1 atom stereocenters. The molecule has 1 saturated carbocycles. The van der Waals surface area contributed by atoms with Crippen molar-refractivity contribution in [2.24, 2.45) is 11.3 Å². The maximum absolute atomic E-state index is 13.4. The molecular weight excluding hydrogens is 370 g/mol. The third kappa shape index (κ3) is 5.02. The zero-order chi connectivity index (χ0) is 20.3. The van der Waals surface area contributed by atoms with Crippen molar-refractivity contribution < 1.29 is 13.6 Å². The van der Waals surface area contributed by atoms with Crippen molar-refractivity contribution in [2.75, 3.05) is 19.6 Å². The van der Waals surface area contributed by atoms with Gasteiger partial charge in [0, 0.05) is 25.1 Å². The fourth-order valence-corrected chi connectivity index (χ4v) is 4.66. The summed E-state index contributed by atoms with van der Waals surface area (Å²) in [6.45, 7) is 3.02. The highest BCUT2D eigenvalue weighted by molar-refractivity contribution is 5.82. The Morgan fingerprint density at radius 1 is 1.03 bits per heavy atom. The lowest BCUT2D eigenvalue weighted by Gasteiger charge is -2.32. The first-order valence-corrected chi connectivity index (χ1v) is 10.5. The molecule has 2 fully saturated rings. The van der Waals surface area contributed by atoms with Crippen LogP contribution in [0.25, 0.3) is 0 Å². The van der Waals surface area contributed by atoms with Crippen LogP contribution in [0, 0.1) is 23.0 Å². The van der Waals surface area contributed by atoms with Crippen LogP contribution in [0.4, 0.5) is 8.78 Å². The van der Waals surface area contributed by atoms with E-state index in [4.69, 9.17) is 0 Å². The SMILES string of the molecule is O=C(NCCCc1ccccc1)[C@@H]1CC12CCN(Cc1cc(F)cc(F)c1)CC2. The second-order valence-electron chi connectivity index (χ2n) is 8.55. The average molecular weight is 398 g/mol. The second-order valence-corrected chi connectivity index (χ2v) is 8.55. The first kappa shape index (κ1) is 20.0. The molecule has 1 aliphatic heterocycles. The topological polar surface area (TPSA) is 32.3 Å². The van der Waals surface area contributed by atoms with Crippen LogP contribution in [0.1, 0.15) is 36.8 Å². The van der Waals surface area contributed by atoms with E-state index in [0.717, 1.165) is 57.8 Å². The molecule has 3 nitrogen and oxygen atoms in total. The number of nitrogens with zero attached hydrogens (tertiary/aromatic N) is 1. The van der Waals surface area contributed by atoms with E-state index in [-0.39, 0.29) is 17.2 Å². The molecule has 29 heavy (non-hydrogen) atoms. The molecule has 1 spiro atoms. The summed E-state index contributed by atoms with van der Waals surface area (Å²) in [5.41, 5.74) is 2.12. The number of carbonyl (C=O) groups is 1. The Labute approximate surface area is 171 Å². The molecule has 4 rings (SSSR count). The summed E-state index contributed by atoms with van der Waals surface area (Å²) in [4.78, 5) is 14.8. The number of piperidine rings is 1. The van der Waals surface area contributed by atoms with E-state index in [2.05, 4.69) is 22.3 Å². The molecule has 1 N–H and O–H groups in total. The Morgan fingerprint density at radius 2 is 1.72 bits per heavy atom. The summed E-state index contributed by atoms with van der Waals surface area (Å²) in [7, 11) is 0. The lowest BCUT2D eigenvalue weighted by atomic mass is 9.90. The predicted octanol–water partition coefficient (Wildman–Crippen LogP) is 4.32. The van der Waals surface area contributed by atoms with Crippen molar-refractivity contribution in [1.29, 1.82) is 0 Å². The summed E-state index contributed by atoms with van der Waals surface area (Å²) in [6, 6.07) is 14.0. The molecule has 2 aliphatic rings. The standard InChI is InChI=1S/C24H28F2N2O/c25-20-13-19(14-21(26)15-20)17-28-11-8-24(9-12-28)16-22(24)23(29)27-10-4-7-18-5-2-1-3-6-18/h1-3,5-6,13-15,22H,4,7-12,16-17H2,(H,27,29)/t22-/m0/s1. The molecule has 2 aromatic carbocycles. The monoisotopic (exact) mass is 398 g/mol. The molecule has 1 aliphatic carbocycles. The van der Waals surface area contributed by atoms with Gasteiger partial charge in [-0.05, 0) is 73.9 Å². The van der Waals surface area contributed by atoms with Crippen LogP contribution in [0.15, 0.2) is 48.5 Å². The highest BCUT2D eigenvalue weighted by Crippen LogP contribution is 2.59. The van der Waals surface area contributed by atoms with Gasteiger partial charge >= 0.3 is 0 Å². The number of halogens is 2. The van der Waals surface area contributed by atoms with Crippen LogP contribution in [0.3, 0.4) is 0 Å². The van der Waals surface area contributed by atoms with Crippen LogP contribution in [-0.4, -0.2) is 30.4 Å². The third-order valence-electron chi connectivity index (χ3n) is 6.47. The first-order valence-electron chi connectivity index (χ1n) is 10.5. The van der Waals surface area contributed by atoms with E-state index in [1.807, 2.05) is 18.2 Å². The Kier molecular flexibility index (Phi) is 5.95. The smallest absolute Gasteiger partial charge is 0.223 e. The van der Waals surface area contributed by atoms with Crippen molar-refractivity contribution in [1.82, 2.24) is 10.2 Å². The molecule has 2 aromatic rings. The summed E-state index contributed by atoms with van der Waals surface area (Å²) >= 11 is 0. The minimum atomic E-state index is -0.528. The summed E-state index contributed by atoms with van der Waals surface area (Å²) in [6.07, 6.45) is 4.86. The molecule has 1 heterocycles. The minimum Gasteiger partial charge on any atom is -0.356 e. The number of hydrogen-bond donors (Lipinski definition) is 1. The lowest BCUT2D eigenvalue weighted by molar-refractivity contribution is -0.123. The van der Waals surface area contributed by atoms with Gasteiger partial charge in [0.25, 0.3) is 0 Å². The third-order valence-corrected chi connectivity index (χ3v) is 6.47. The van der Waals surface area contributed by atoms with E-state index in [1.54, 1.807) is 0 Å². The van der Waals surface area contributed by atoms with Gasteiger partial charge in [-0.15, -0.1) is 0 Å². The first-order chi connectivity index (χ1) is 14.0. The lowest BCUT2D eigenvalue weighted by Crippen LogP contribution is -2.37. The predicted molar refractivity (Wildman–Crippen MR) is 109 cm³/mol. The van der Waals surface area contributed by atoms with E-state index in [0.29, 0.717) is 12.1 Å². The zero-order valence-corrected chi connectivity index (χ0v) is 16.7. The van der Waals surface area contributed by atoms with Gasteiger partial charge in [0.1, 0.15) is 11.6 Å². The van der Waals surface area contributed by atoms with Crippen LogP contribution < -0.4 is 5.32 Å². The highest BCUT2D eigenvalue weighted by Gasteiger charge is 2.58. The molecule has 154 valence electrons. The van der Waals surface area contributed by atoms with Crippen molar-refractivity contribution >= 4 is 5.91 Å². The van der Waals surface area contributed by atoms with Gasteiger partial charge in [-0.1, -0.05) is 30.3 Å². The Hall–Kier alpha value is -2.27. The maximum Gasteiger partial charge on any atom is 0.223 e. The van der Waals surface area contributed by atoms with Gasteiger partial charge in [0.05, 0.1) is 0 Å². The van der Waals surface area contributed by atoms with Crippen molar-refractivity contribution in [3.63, 3.8) is 0 Å². The van der Waals surface area contributed by atoms with Crippen LogP contribution >= 0.6 is 0 Å². The molecule has 0 bridgehead atoms. The largest absolute Gasteiger partial charge is 0.356 e. The van der Waals surface area contributed by atoms with Crippen LogP contribution in [0.5, 0.6) is 0 Å². The van der Waals surface area contributed by atoms with E-state index < -0.39 is 11.6 Å². The summed E-state index contributed by atoms with van der Waals surface area (Å²) < 4.78 is 26.8. The molecule has 5 heteroatoms. The number of carbonyl (C=O) groups excluding carboxylic acids is 1. The summed E-state index contributed by atoms with van der Waals surface area (Å²) in [5, 5.41) is 3.11. The highest BCUT2D eigenvalue weighted by atomic mass is 19.1.